The van der Waals surface area contributed by atoms with Crippen molar-refractivity contribution in [3.63, 3.8) is 0 Å². The van der Waals surface area contributed by atoms with Crippen molar-refractivity contribution in [3.8, 4) is 5.75 Å². The van der Waals surface area contributed by atoms with Gasteiger partial charge in [-0.1, -0.05) is 44.2 Å². The Morgan fingerprint density at radius 1 is 1.21 bits per heavy atom. The van der Waals surface area contributed by atoms with E-state index in [-0.39, 0.29) is 5.91 Å². The number of fused-ring (bicyclic) bond motifs is 1. The Kier molecular flexibility index (Phi) is 6.83. The lowest BCUT2D eigenvalue weighted by molar-refractivity contribution is -0.127. The molecule has 1 amide bonds. The van der Waals surface area contributed by atoms with Gasteiger partial charge in [-0.05, 0) is 68.4 Å². The number of anilines is 1. The molecule has 3 rings (SSSR count). The van der Waals surface area contributed by atoms with Gasteiger partial charge in [-0.2, -0.15) is 0 Å². The van der Waals surface area contributed by atoms with Crippen LogP contribution >= 0.6 is 0 Å². The Morgan fingerprint density at radius 3 is 2.72 bits per heavy atom. The monoisotopic (exact) mass is 394 g/mol. The first kappa shape index (κ1) is 21.2. The highest BCUT2D eigenvalue weighted by molar-refractivity contribution is 5.80. The van der Waals surface area contributed by atoms with Gasteiger partial charge in [-0.15, -0.1) is 0 Å². The summed E-state index contributed by atoms with van der Waals surface area (Å²) in [6.07, 6.45) is 1.50. The molecule has 1 aliphatic rings. The normalized spacial score (nSPS) is 16.6. The molecule has 0 aromatic heterocycles. The molecule has 4 heteroatoms. The minimum atomic E-state index is -0.513. The number of nitrogens with one attached hydrogen (secondary N) is 1. The van der Waals surface area contributed by atoms with Gasteiger partial charge < -0.3 is 15.0 Å². The topological polar surface area (TPSA) is 41.6 Å². The third-order valence-electron chi connectivity index (χ3n) is 5.69. The molecule has 1 heterocycles. The van der Waals surface area contributed by atoms with Crippen molar-refractivity contribution in [2.24, 2.45) is 0 Å². The summed E-state index contributed by atoms with van der Waals surface area (Å²) >= 11 is 0. The number of ether oxygens (including phenoxy) is 1. The maximum atomic E-state index is 12.5. The number of carbonyl (C=O) groups excluding carboxylic acids is 1. The summed E-state index contributed by atoms with van der Waals surface area (Å²) in [6, 6.07) is 15.3. The number of aryl methyl sites for hydroxylation is 1. The summed E-state index contributed by atoms with van der Waals surface area (Å²) in [5.41, 5.74) is 5.03. The summed E-state index contributed by atoms with van der Waals surface area (Å²) in [5, 5.41) is 3.04. The number of hydrogen-bond acceptors (Lipinski definition) is 3. The Morgan fingerprint density at radius 2 is 1.97 bits per heavy atom. The van der Waals surface area contributed by atoms with Crippen molar-refractivity contribution >= 4 is 11.6 Å². The van der Waals surface area contributed by atoms with Crippen LogP contribution in [0, 0.1) is 6.92 Å². The number of benzene rings is 2. The summed E-state index contributed by atoms with van der Waals surface area (Å²) < 4.78 is 6.02. The van der Waals surface area contributed by atoms with E-state index in [1.807, 2.05) is 19.9 Å². The number of para-hydroxylation sites is 1. The van der Waals surface area contributed by atoms with Crippen LogP contribution in [0.25, 0.3) is 0 Å². The summed E-state index contributed by atoms with van der Waals surface area (Å²) in [6.45, 7) is 12.0. The van der Waals surface area contributed by atoms with Gasteiger partial charge in [-0.25, -0.2) is 0 Å². The predicted octanol–water partition coefficient (Wildman–Crippen LogP) is 4.84. The number of rotatable bonds is 8. The van der Waals surface area contributed by atoms with E-state index in [0.717, 1.165) is 36.3 Å². The fourth-order valence-electron chi connectivity index (χ4n) is 4.04. The molecule has 0 bridgehead atoms. The second kappa shape index (κ2) is 9.34. The van der Waals surface area contributed by atoms with Crippen molar-refractivity contribution in [2.75, 3.05) is 18.0 Å². The maximum Gasteiger partial charge on any atom is 0.260 e. The second-order valence-corrected chi connectivity index (χ2v) is 8.48. The van der Waals surface area contributed by atoms with Crippen molar-refractivity contribution in [3.05, 3.63) is 59.2 Å². The van der Waals surface area contributed by atoms with Crippen LogP contribution in [-0.2, 0) is 11.2 Å². The fraction of sp³-hybridized carbons (Fsp3) is 0.480. The highest BCUT2D eigenvalue weighted by atomic mass is 16.5. The van der Waals surface area contributed by atoms with Gasteiger partial charge in [0.2, 0.25) is 0 Å². The quantitative estimate of drug-likeness (QED) is 0.651. The third kappa shape index (κ3) is 5.11. The van der Waals surface area contributed by atoms with Crippen LogP contribution < -0.4 is 15.0 Å². The lowest BCUT2D eigenvalue weighted by atomic mass is 10.0. The molecule has 29 heavy (non-hydrogen) atoms. The Bertz CT molecular complexity index is 846. The van der Waals surface area contributed by atoms with Crippen LogP contribution in [0.3, 0.4) is 0 Å². The molecule has 0 aliphatic carbocycles. The molecule has 2 aromatic carbocycles. The van der Waals surface area contributed by atoms with Gasteiger partial charge in [0.15, 0.2) is 6.10 Å². The van der Waals surface area contributed by atoms with Crippen molar-refractivity contribution in [1.29, 1.82) is 0 Å². The molecule has 0 saturated carbocycles. The first-order valence-electron chi connectivity index (χ1n) is 10.8. The average Bonchev–Trinajstić information content (AvgIpc) is 3.00. The van der Waals surface area contributed by atoms with Crippen molar-refractivity contribution < 1.29 is 9.53 Å². The zero-order chi connectivity index (χ0) is 21.0. The average molecular weight is 395 g/mol. The van der Waals surface area contributed by atoms with E-state index in [0.29, 0.717) is 18.5 Å². The van der Waals surface area contributed by atoms with Gasteiger partial charge in [0.25, 0.3) is 5.91 Å². The van der Waals surface area contributed by atoms with Crippen LogP contribution in [0.1, 0.15) is 56.7 Å². The van der Waals surface area contributed by atoms with E-state index in [4.69, 9.17) is 4.74 Å². The van der Waals surface area contributed by atoms with Crippen LogP contribution in [0.4, 0.5) is 5.69 Å². The lowest BCUT2D eigenvalue weighted by Crippen LogP contribution is -2.38. The van der Waals surface area contributed by atoms with Crippen LogP contribution in [0.2, 0.25) is 0 Å². The smallest absolute Gasteiger partial charge is 0.260 e. The van der Waals surface area contributed by atoms with E-state index in [1.165, 1.54) is 11.3 Å². The number of nitrogens with zero attached hydrogens (tertiary/aromatic N) is 1. The minimum absolute atomic E-state index is 0.0592. The minimum Gasteiger partial charge on any atom is -0.481 e. The Labute approximate surface area is 175 Å². The molecular formula is C25H34N2O2. The van der Waals surface area contributed by atoms with Gasteiger partial charge in [0, 0.05) is 24.8 Å². The van der Waals surface area contributed by atoms with E-state index in [9.17, 15) is 4.79 Å². The van der Waals surface area contributed by atoms with E-state index >= 15 is 0 Å². The summed E-state index contributed by atoms with van der Waals surface area (Å²) in [7, 11) is 0. The molecule has 1 aliphatic heterocycles. The fourth-order valence-corrected chi connectivity index (χ4v) is 4.04. The number of carbonyl (C=O) groups is 1. The van der Waals surface area contributed by atoms with Crippen LogP contribution in [-0.4, -0.2) is 31.1 Å². The van der Waals surface area contributed by atoms with E-state index in [2.05, 4.69) is 67.4 Å². The number of hydrogen-bond donors (Lipinski definition) is 1. The van der Waals surface area contributed by atoms with Gasteiger partial charge in [0.1, 0.15) is 5.75 Å². The number of amides is 1. The van der Waals surface area contributed by atoms with E-state index < -0.39 is 6.10 Å². The highest BCUT2D eigenvalue weighted by Crippen LogP contribution is 2.31. The molecule has 156 valence electrons. The van der Waals surface area contributed by atoms with Gasteiger partial charge in [-0.3, -0.25) is 4.79 Å². The second-order valence-electron chi connectivity index (χ2n) is 8.48. The Hall–Kier alpha value is -2.49. The first-order chi connectivity index (χ1) is 13.9. The zero-order valence-electron chi connectivity index (χ0n) is 18.4. The third-order valence-corrected chi connectivity index (χ3v) is 5.69. The van der Waals surface area contributed by atoms with Gasteiger partial charge >= 0.3 is 0 Å². The SMILES string of the molecule is Cc1ccc(C(C)C)c(O[C@@H](C)C(=O)NCCCN2c3ccccc3C[C@H]2C)c1. The van der Waals surface area contributed by atoms with Crippen molar-refractivity contribution in [2.45, 2.75) is 65.5 Å². The molecule has 0 saturated heterocycles. The molecule has 0 fully saturated rings. The lowest BCUT2D eigenvalue weighted by Gasteiger charge is -2.25. The molecule has 0 spiro atoms. The van der Waals surface area contributed by atoms with Crippen molar-refractivity contribution in [1.82, 2.24) is 5.32 Å². The molecular weight excluding hydrogens is 360 g/mol. The first-order valence-corrected chi connectivity index (χ1v) is 10.8. The molecule has 2 aromatic rings. The van der Waals surface area contributed by atoms with Crippen LogP contribution in [0.15, 0.2) is 42.5 Å². The molecule has 4 nitrogen and oxygen atoms in total. The highest BCUT2D eigenvalue weighted by Gasteiger charge is 2.25. The standard InChI is InChI=1S/C25H34N2O2/c1-17(2)22-12-11-18(3)15-24(22)29-20(5)25(28)26-13-8-14-27-19(4)16-21-9-6-7-10-23(21)27/h6-7,9-12,15,17,19-20H,8,13-14,16H2,1-5H3,(H,26,28)/t19-,20+/m1/s1. The Balaban J connectivity index is 1.48. The molecule has 1 N–H and O–H groups in total. The summed E-state index contributed by atoms with van der Waals surface area (Å²) in [4.78, 5) is 15.0. The molecule has 0 radical (unpaired) electrons. The summed E-state index contributed by atoms with van der Waals surface area (Å²) in [5.74, 6) is 1.10. The molecule has 2 atom stereocenters. The van der Waals surface area contributed by atoms with Crippen LogP contribution in [0.5, 0.6) is 5.75 Å². The van der Waals surface area contributed by atoms with E-state index in [1.54, 1.807) is 0 Å². The maximum absolute atomic E-state index is 12.5. The largest absolute Gasteiger partial charge is 0.481 e. The molecule has 0 unspecified atom stereocenters. The zero-order valence-corrected chi connectivity index (χ0v) is 18.4. The predicted molar refractivity (Wildman–Crippen MR) is 120 cm³/mol. The van der Waals surface area contributed by atoms with Gasteiger partial charge in [0.05, 0.1) is 0 Å².